The van der Waals surface area contributed by atoms with Crippen molar-refractivity contribution in [3.8, 4) is 0 Å². The number of nitrogens with zero attached hydrogens (tertiary/aromatic N) is 2. The normalized spacial score (nSPS) is 18.3. The number of aromatic nitrogens is 2. The van der Waals surface area contributed by atoms with Gasteiger partial charge in [-0.2, -0.15) is 13.2 Å². The standard InChI is InChI=1S/C48H81F3N6O21/c1-47(2)77-44-37(56-46-54-7-4-39(57-46)48(49,50)51)32-76-38(45(44)78-47)33-73-27-24-69-23-22-68-19-17-65-13-9-53-41(59)6-11-72-31-36(55-42(60)34-74-28-25-70-26-29-75-35-43(61)62)30-71-10-5-40(58)52-8-12-64-16-18-67-21-20-66-15-14-63-3/h4,7,36-38,44-45H,5-6,8-35H2,1-3H3,(H,52,58)(H,53,59)(H,55,60)(H,61,62)(H,54,56,57)/t36?,37-,38+,44+,45-/m0/s1. The molecule has 2 saturated heterocycles. The lowest BCUT2D eigenvalue weighted by molar-refractivity contribution is -0.160. The molecule has 0 bridgehead atoms. The molecule has 2 aliphatic rings. The summed E-state index contributed by atoms with van der Waals surface area (Å²) in [5.41, 5.74) is -1.07. The number of methoxy groups -OCH3 is 1. The van der Waals surface area contributed by atoms with Gasteiger partial charge in [0.05, 0.1) is 171 Å². The third-order valence-corrected chi connectivity index (χ3v) is 10.5. The maximum atomic E-state index is 13.2. The molecule has 30 heteroatoms. The maximum absolute atomic E-state index is 13.2. The average molecular weight is 1140 g/mol. The van der Waals surface area contributed by atoms with Crippen LogP contribution in [0.2, 0.25) is 0 Å². The first-order valence-corrected chi connectivity index (χ1v) is 25.8. The molecule has 450 valence electrons. The van der Waals surface area contributed by atoms with E-state index in [-0.39, 0.29) is 130 Å². The second-order valence-electron chi connectivity index (χ2n) is 17.4. The topological polar surface area (TPSA) is 310 Å². The molecule has 5 atom stereocenters. The van der Waals surface area contributed by atoms with Gasteiger partial charge < -0.3 is 102 Å². The molecule has 1 aromatic rings. The summed E-state index contributed by atoms with van der Waals surface area (Å²) in [4.78, 5) is 55.3. The molecule has 0 aliphatic carbocycles. The zero-order valence-corrected chi connectivity index (χ0v) is 44.9. The summed E-state index contributed by atoms with van der Waals surface area (Å²) in [6.45, 7) is 9.26. The molecular weight excluding hydrogens is 1050 g/mol. The van der Waals surface area contributed by atoms with Crippen LogP contribution >= 0.6 is 0 Å². The first kappa shape index (κ1) is 68.2. The zero-order valence-electron chi connectivity index (χ0n) is 44.9. The number of ether oxygens (including phenoxy) is 16. The lowest BCUT2D eigenvalue weighted by Crippen LogP contribution is -2.55. The van der Waals surface area contributed by atoms with Crippen LogP contribution in [0.4, 0.5) is 19.1 Å². The number of carbonyl (C=O) groups excluding carboxylic acids is 3. The van der Waals surface area contributed by atoms with Crippen LogP contribution in [-0.2, 0) is 101 Å². The number of carbonyl (C=O) groups is 4. The van der Waals surface area contributed by atoms with Crippen molar-refractivity contribution < 1.29 is 113 Å². The monoisotopic (exact) mass is 1130 g/mol. The van der Waals surface area contributed by atoms with Crippen LogP contribution in [0.1, 0.15) is 32.4 Å². The summed E-state index contributed by atoms with van der Waals surface area (Å²) in [5.74, 6) is -3.21. The fourth-order valence-electron chi connectivity index (χ4n) is 6.94. The Kier molecular flexibility index (Phi) is 36.6. The highest BCUT2D eigenvalue weighted by molar-refractivity contribution is 5.77. The lowest BCUT2D eigenvalue weighted by Gasteiger charge is -2.37. The number of carboxylic acids is 1. The lowest BCUT2D eigenvalue weighted by atomic mass is 9.98. The number of nitrogens with one attached hydrogen (secondary N) is 4. The smallest absolute Gasteiger partial charge is 0.433 e. The quantitative estimate of drug-likeness (QED) is 0.0520. The van der Waals surface area contributed by atoms with Crippen molar-refractivity contribution >= 4 is 29.6 Å². The Labute approximate surface area is 452 Å². The van der Waals surface area contributed by atoms with Gasteiger partial charge in [-0.25, -0.2) is 14.8 Å². The van der Waals surface area contributed by atoms with Crippen LogP contribution < -0.4 is 21.3 Å². The van der Waals surface area contributed by atoms with E-state index in [4.69, 9.17) is 80.9 Å². The zero-order chi connectivity index (χ0) is 56.5. The van der Waals surface area contributed by atoms with E-state index >= 15 is 0 Å². The number of alkyl halides is 3. The molecule has 0 aromatic carbocycles. The number of aliphatic carboxylic acids is 1. The molecule has 3 amide bonds. The van der Waals surface area contributed by atoms with Crippen LogP contribution in [0.3, 0.4) is 0 Å². The number of fused-ring (bicyclic) bond motifs is 1. The molecule has 27 nitrogen and oxygen atoms in total. The highest BCUT2D eigenvalue weighted by Crippen LogP contribution is 2.36. The van der Waals surface area contributed by atoms with Crippen molar-refractivity contribution in [2.45, 2.75) is 69.0 Å². The first-order chi connectivity index (χ1) is 37.7. The Balaban J connectivity index is 1.19. The van der Waals surface area contributed by atoms with Crippen molar-refractivity contribution in [3.63, 3.8) is 0 Å². The van der Waals surface area contributed by atoms with Crippen LogP contribution in [0.5, 0.6) is 0 Å². The van der Waals surface area contributed by atoms with Gasteiger partial charge in [0.1, 0.15) is 37.2 Å². The second-order valence-corrected chi connectivity index (χ2v) is 17.4. The molecule has 1 aromatic heterocycles. The van der Waals surface area contributed by atoms with E-state index in [9.17, 15) is 32.3 Å². The predicted octanol–water partition coefficient (Wildman–Crippen LogP) is -0.378. The van der Waals surface area contributed by atoms with Gasteiger partial charge in [-0.15, -0.1) is 0 Å². The maximum Gasteiger partial charge on any atom is 0.433 e. The van der Waals surface area contributed by atoms with Gasteiger partial charge in [-0.3, -0.25) is 14.4 Å². The molecule has 0 radical (unpaired) electrons. The average Bonchev–Trinajstić information content (AvgIpc) is 3.75. The van der Waals surface area contributed by atoms with E-state index < -0.39 is 66.5 Å². The Hall–Kier alpha value is -4.09. The van der Waals surface area contributed by atoms with Gasteiger partial charge in [-0.1, -0.05) is 0 Å². The van der Waals surface area contributed by atoms with Gasteiger partial charge in [-0.05, 0) is 19.9 Å². The first-order valence-electron chi connectivity index (χ1n) is 25.8. The minimum Gasteiger partial charge on any atom is -0.480 e. The predicted molar refractivity (Wildman–Crippen MR) is 265 cm³/mol. The molecule has 1 unspecified atom stereocenters. The molecule has 0 spiro atoms. The van der Waals surface area contributed by atoms with E-state index in [1.165, 1.54) is 0 Å². The number of hydrogen-bond donors (Lipinski definition) is 5. The highest BCUT2D eigenvalue weighted by atomic mass is 19.4. The SMILES string of the molecule is COCCOCCOCCOCCNC(=O)CCOCC(COCCC(=O)NCCOCCOCCOCCOC[C@H]1OC[C@H](Nc2nccc(C(F)(F)F)n2)[C@H]2OC(C)(C)O[C@H]21)NC(=O)COCCOCCOCC(=O)O. The van der Waals surface area contributed by atoms with Crippen molar-refractivity contribution in [2.75, 3.05) is 197 Å². The van der Waals surface area contributed by atoms with E-state index in [0.717, 1.165) is 12.3 Å². The van der Waals surface area contributed by atoms with Crippen LogP contribution in [-0.4, -0.2) is 267 Å². The highest BCUT2D eigenvalue weighted by Gasteiger charge is 2.52. The molecule has 3 heterocycles. The van der Waals surface area contributed by atoms with Crippen molar-refractivity contribution in [1.82, 2.24) is 25.9 Å². The second kappa shape index (κ2) is 41.9. The summed E-state index contributed by atoms with van der Waals surface area (Å²) < 4.78 is 128. The van der Waals surface area contributed by atoms with E-state index in [2.05, 4.69) is 31.2 Å². The minimum absolute atomic E-state index is 0.00697. The third-order valence-electron chi connectivity index (χ3n) is 10.5. The van der Waals surface area contributed by atoms with Gasteiger partial charge in [0.25, 0.3) is 0 Å². The third kappa shape index (κ3) is 33.5. The van der Waals surface area contributed by atoms with Crippen molar-refractivity contribution in [2.24, 2.45) is 0 Å². The molecule has 0 saturated carbocycles. The minimum atomic E-state index is -4.62. The number of halogens is 3. The number of anilines is 1. The number of carboxylic acid groups (broad SMARTS) is 1. The molecule has 78 heavy (non-hydrogen) atoms. The summed E-state index contributed by atoms with van der Waals surface area (Å²) in [7, 11) is 1.60. The fourth-order valence-corrected chi connectivity index (χ4v) is 6.94. The van der Waals surface area contributed by atoms with Crippen molar-refractivity contribution in [1.29, 1.82) is 0 Å². The Morgan fingerprint density at radius 1 is 0.641 bits per heavy atom. The van der Waals surface area contributed by atoms with Gasteiger partial charge in [0.15, 0.2) is 5.79 Å². The van der Waals surface area contributed by atoms with E-state index in [1.807, 2.05) is 0 Å². The largest absolute Gasteiger partial charge is 0.480 e. The molecule has 2 aliphatic heterocycles. The fraction of sp³-hybridized carbons (Fsp3) is 0.833. The van der Waals surface area contributed by atoms with Crippen LogP contribution in [0.15, 0.2) is 12.3 Å². The molecule has 2 fully saturated rings. The van der Waals surface area contributed by atoms with Gasteiger partial charge in [0, 0.05) is 39.2 Å². The molecule has 5 N–H and O–H groups in total. The summed E-state index contributed by atoms with van der Waals surface area (Å²) >= 11 is 0. The summed E-state index contributed by atoms with van der Waals surface area (Å²) in [5, 5.41) is 19.7. The Morgan fingerprint density at radius 2 is 1.12 bits per heavy atom. The van der Waals surface area contributed by atoms with Gasteiger partial charge in [0.2, 0.25) is 23.7 Å². The van der Waals surface area contributed by atoms with Crippen LogP contribution in [0, 0.1) is 0 Å². The van der Waals surface area contributed by atoms with Crippen LogP contribution in [0.25, 0.3) is 0 Å². The molecule has 3 rings (SSSR count). The van der Waals surface area contributed by atoms with E-state index in [0.29, 0.717) is 79.2 Å². The Morgan fingerprint density at radius 3 is 1.63 bits per heavy atom. The van der Waals surface area contributed by atoms with E-state index in [1.54, 1.807) is 21.0 Å². The Bertz CT molecular complexity index is 1770. The summed E-state index contributed by atoms with van der Waals surface area (Å²) in [6.07, 6.45) is -5.10. The van der Waals surface area contributed by atoms with Gasteiger partial charge >= 0.3 is 12.1 Å². The number of amides is 3. The van der Waals surface area contributed by atoms with Crippen molar-refractivity contribution in [3.05, 3.63) is 18.0 Å². The summed E-state index contributed by atoms with van der Waals surface area (Å²) in [6, 6.07) is -0.410. The number of hydrogen-bond acceptors (Lipinski definition) is 23. The molecular formula is C48H81F3N6O21. The number of rotatable bonds is 49.